The van der Waals surface area contributed by atoms with E-state index in [1.165, 1.54) is 0 Å². The van der Waals surface area contributed by atoms with Crippen LogP contribution in [0, 0.1) is 5.92 Å². The molecule has 3 N–H and O–H groups in total. The third-order valence-electron chi connectivity index (χ3n) is 2.28. The highest BCUT2D eigenvalue weighted by Gasteiger charge is 2.19. The first-order valence-electron chi connectivity index (χ1n) is 5.04. The summed E-state index contributed by atoms with van der Waals surface area (Å²) in [6, 6.07) is 2.72. The van der Waals surface area contributed by atoms with E-state index in [4.69, 9.17) is 28.9 Å². The molecule has 1 atom stereocenters. The Morgan fingerprint density at radius 1 is 1.35 bits per heavy atom. The van der Waals surface area contributed by atoms with Gasteiger partial charge < -0.3 is 11.1 Å². The molecule has 1 aromatic rings. The molecule has 0 unspecified atom stereocenters. The first-order chi connectivity index (χ1) is 7.82. The fourth-order valence-corrected chi connectivity index (χ4v) is 2.47. The van der Waals surface area contributed by atoms with Crippen LogP contribution in [0.1, 0.15) is 13.8 Å². The second kappa shape index (κ2) is 6.05. The standard InChI is InChI=1S/C11H13BrCl2N2O/c1-5(2)9(15)11(17)16-10-7(13)3-6(12)4-8(10)14/h3-5,9H,15H2,1-2H3,(H,16,17)/t9-/m0/s1. The molecule has 6 heteroatoms. The van der Waals surface area contributed by atoms with E-state index in [9.17, 15) is 4.79 Å². The Balaban J connectivity index is 2.93. The second-order valence-electron chi connectivity index (χ2n) is 4.00. The molecule has 0 fully saturated rings. The van der Waals surface area contributed by atoms with Crippen molar-refractivity contribution < 1.29 is 4.79 Å². The highest BCUT2D eigenvalue weighted by atomic mass is 79.9. The second-order valence-corrected chi connectivity index (χ2v) is 5.73. The van der Waals surface area contributed by atoms with Crippen LogP contribution in [0.4, 0.5) is 5.69 Å². The third-order valence-corrected chi connectivity index (χ3v) is 3.33. The van der Waals surface area contributed by atoms with Crippen LogP contribution in [0.2, 0.25) is 10.0 Å². The van der Waals surface area contributed by atoms with Crippen LogP contribution in [0.3, 0.4) is 0 Å². The van der Waals surface area contributed by atoms with Gasteiger partial charge in [-0.15, -0.1) is 0 Å². The predicted octanol–water partition coefficient (Wildman–Crippen LogP) is 3.68. The average molecular weight is 340 g/mol. The predicted molar refractivity (Wildman–Crippen MR) is 75.6 cm³/mol. The molecule has 17 heavy (non-hydrogen) atoms. The summed E-state index contributed by atoms with van der Waals surface area (Å²) in [5, 5.41) is 3.38. The molecular formula is C11H13BrCl2N2O. The van der Waals surface area contributed by atoms with Crippen LogP contribution in [0.15, 0.2) is 16.6 Å². The van der Waals surface area contributed by atoms with Gasteiger partial charge >= 0.3 is 0 Å². The number of nitrogens with two attached hydrogens (primary N) is 1. The quantitative estimate of drug-likeness (QED) is 0.882. The maximum atomic E-state index is 11.8. The van der Waals surface area contributed by atoms with Gasteiger partial charge in [0, 0.05) is 4.47 Å². The molecule has 0 radical (unpaired) electrons. The summed E-state index contributed by atoms with van der Waals surface area (Å²) >= 11 is 15.2. The Kier molecular flexibility index (Phi) is 5.25. The van der Waals surface area contributed by atoms with Crippen molar-refractivity contribution in [3.05, 3.63) is 26.7 Å². The minimum Gasteiger partial charge on any atom is -0.322 e. The van der Waals surface area contributed by atoms with Crippen LogP contribution < -0.4 is 11.1 Å². The van der Waals surface area contributed by atoms with Gasteiger partial charge in [-0.1, -0.05) is 53.0 Å². The van der Waals surface area contributed by atoms with Crippen molar-refractivity contribution in [3.63, 3.8) is 0 Å². The Labute approximate surface area is 119 Å². The molecule has 0 aliphatic heterocycles. The zero-order chi connectivity index (χ0) is 13.2. The summed E-state index contributed by atoms with van der Waals surface area (Å²) in [6.07, 6.45) is 0. The van der Waals surface area contributed by atoms with Gasteiger partial charge in [0.1, 0.15) is 0 Å². The van der Waals surface area contributed by atoms with E-state index in [1.54, 1.807) is 12.1 Å². The third kappa shape index (κ3) is 3.85. The molecule has 0 saturated heterocycles. The number of hydrogen-bond donors (Lipinski definition) is 2. The van der Waals surface area contributed by atoms with Gasteiger partial charge in [0.2, 0.25) is 5.91 Å². The Hall–Kier alpha value is -0.290. The molecule has 0 aliphatic rings. The van der Waals surface area contributed by atoms with Gasteiger partial charge in [-0.25, -0.2) is 0 Å². The minimum absolute atomic E-state index is 0.0444. The summed E-state index contributed by atoms with van der Waals surface area (Å²) in [4.78, 5) is 11.8. The number of amides is 1. The van der Waals surface area contributed by atoms with E-state index < -0.39 is 6.04 Å². The van der Waals surface area contributed by atoms with E-state index in [0.717, 1.165) is 4.47 Å². The molecule has 0 heterocycles. The fraction of sp³-hybridized carbons (Fsp3) is 0.364. The monoisotopic (exact) mass is 338 g/mol. The summed E-state index contributed by atoms with van der Waals surface area (Å²) in [7, 11) is 0. The van der Waals surface area contributed by atoms with E-state index in [-0.39, 0.29) is 11.8 Å². The lowest BCUT2D eigenvalue weighted by atomic mass is 10.0. The van der Waals surface area contributed by atoms with Gasteiger partial charge in [0.25, 0.3) is 0 Å². The van der Waals surface area contributed by atoms with Crippen LogP contribution in [0.5, 0.6) is 0 Å². The summed E-state index contributed by atoms with van der Waals surface area (Å²) < 4.78 is 0.749. The van der Waals surface area contributed by atoms with Crippen molar-refractivity contribution in [2.45, 2.75) is 19.9 Å². The number of halogens is 3. The van der Waals surface area contributed by atoms with Crippen LogP contribution in [-0.4, -0.2) is 11.9 Å². The number of nitrogens with one attached hydrogen (secondary N) is 1. The van der Waals surface area contributed by atoms with Crippen LogP contribution >= 0.6 is 39.1 Å². The highest BCUT2D eigenvalue weighted by Crippen LogP contribution is 2.33. The maximum Gasteiger partial charge on any atom is 0.241 e. The molecule has 0 aromatic heterocycles. The Bertz CT molecular complexity index is 414. The van der Waals surface area contributed by atoms with E-state index in [1.807, 2.05) is 13.8 Å². The number of benzene rings is 1. The van der Waals surface area contributed by atoms with Crippen LogP contribution in [-0.2, 0) is 4.79 Å². The number of carbonyl (C=O) groups excluding carboxylic acids is 1. The van der Waals surface area contributed by atoms with Crippen molar-refractivity contribution in [2.75, 3.05) is 5.32 Å². The van der Waals surface area contributed by atoms with Gasteiger partial charge in [-0.2, -0.15) is 0 Å². The van der Waals surface area contributed by atoms with Crippen LogP contribution in [0.25, 0.3) is 0 Å². The van der Waals surface area contributed by atoms with Crippen molar-refractivity contribution in [1.82, 2.24) is 0 Å². The zero-order valence-electron chi connectivity index (χ0n) is 9.43. The molecule has 0 spiro atoms. The largest absolute Gasteiger partial charge is 0.322 e. The summed E-state index contributed by atoms with van der Waals surface area (Å²) in [5.41, 5.74) is 6.12. The maximum absolute atomic E-state index is 11.8. The van der Waals surface area contributed by atoms with Gasteiger partial charge in [-0.3, -0.25) is 4.79 Å². The summed E-state index contributed by atoms with van der Waals surface area (Å²) in [6.45, 7) is 3.74. The van der Waals surface area contributed by atoms with E-state index in [0.29, 0.717) is 15.7 Å². The van der Waals surface area contributed by atoms with Gasteiger partial charge in [0.05, 0.1) is 21.8 Å². The van der Waals surface area contributed by atoms with E-state index >= 15 is 0 Å². The Morgan fingerprint density at radius 3 is 2.24 bits per heavy atom. The Morgan fingerprint density at radius 2 is 1.82 bits per heavy atom. The lowest BCUT2D eigenvalue weighted by molar-refractivity contribution is -0.118. The molecule has 0 bridgehead atoms. The highest BCUT2D eigenvalue weighted by molar-refractivity contribution is 9.10. The summed E-state index contributed by atoms with van der Waals surface area (Å²) in [5.74, 6) is -0.255. The lowest BCUT2D eigenvalue weighted by Crippen LogP contribution is -2.39. The molecule has 94 valence electrons. The number of carbonyl (C=O) groups is 1. The zero-order valence-corrected chi connectivity index (χ0v) is 12.5. The molecule has 1 rings (SSSR count). The normalized spacial score (nSPS) is 12.6. The van der Waals surface area contributed by atoms with Crippen molar-refractivity contribution in [1.29, 1.82) is 0 Å². The molecule has 1 amide bonds. The topological polar surface area (TPSA) is 55.1 Å². The van der Waals surface area contributed by atoms with Crippen molar-refractivity contribution >= 4 is 50.7 Å². The molecular weight excluding hydrogens is 327 g/mol. The molecule has 0 aliphatic carbocycles. The molecule has 3 nitrogen and oxygen atoms in total. The van der Waals surface area contributed by atoms with Crippen molar-refractivity contribution in [2.24, 2.45) is 11.7 Å². The SMILES string of the molecule is CC(C)[C@H](N)C(=O)Nc1c(Cl)cc(Br)cc1Cl. The fourth-order valence-electron chi connectivity index (χ4n) is 1.17. The number of rotatable bonds is 3. The number of hydrogen-bond acceptors (Lipinski definition) is 2. The first-order valence-corrected chi connectivity index (χ1v) is 6.58. The van der Waals surface area contributed by atoms with E-state index in [2.05, 4.69) is 21.2 Å². The average Bonchev–Trinajstić information content (AvgIpc) is 2.21. The first kappa shape index (κ1) is 14.8. The number of anilines is 1. The van der Waals surface area contributed by atoms with Gasteiger partial charge in [0.15, 0.2) is 0 Å². The minimum atomic E-state index is -0.592. The molecule has 0 saturated carbocycles. The van der Waals surface area contributed by atoms with Gasteiger partial charge in [-0.05, 0) is 18.1 Å². The lowest BCUT2D eigenvalue weighted by Gasteiger charge is -2.16. The smallest absolute Gasteiger partial charge is 0.241 e. The van der Waals surface area contributed by atoms with Crippen molar-refractivity contribution in [3.8, 4) is 0 Å². The molecule has 1 aromatic carbocycles.